The number of benzene rings is 2. The van der Waals surface area contributed by atoms with Gasteiger partial charge in [0.15, 0.2) is 0 Å². The SMILES string of the molecule is O=S1(=O)c2cc(O)ccc2Nc2ccc(Cl)cc21. The molecule has 3 rings (SSSR count). The van der Waals surface area contributed by atoms with Crippen LogP contribution in [0.25, 0.3) is 0 Å². The topological polar surface area (TPSA) is 66.4 Å². The van der Waals surface area contributed by atoms with Crippen LogP contribution >= 0.6 is 11.6 Å². The Bertz CT molecular complexity index is 698. The van der Waals surface area contributed by atoms with Crippen molar-refractivity contribution < 1.29 is 13.5 Å². The van der Waals surface area contributed by atoms with Gasteiger partial charge < -0.3 is 10.4 Å². The van der Waals surface area contributed by atoms with Crippen LogP contribution in [0.5, 0.6) is 5.75 Å². The minimum Gasteiger partial charge on any atom is -0.508 e. The minimum atomic E-state index is -3.65. The zero-order valence-electron chi connectivity index (χ0n) is 9.01. The Morgan fingerprint density at radius 1 is 1.00 bits per heavy atom. The number of halogens is 1. The van der Waals surface area contributed by atoms with Crippen LogP contribution in [0.1, 0.15) is 0 Å². The van der Waals surface area contributed by atoms with E-state index in [1.54, 1.807) is 12.1 Å². The van der Waals surface area contributed by atoms with E-state index in [0.29, 0.717) is 16.4 Å². The van der Waals surface area contributed by atoms with Crippen molar-refractivity contribution in [3.05, 3.63) is 41.4 Å². The van der Waals surface area contributed by atoms with Gasteiger partial charge in [0, 0.05) is 11.1 Å². The van der Waals surface area contributed by atoms with Crippen molar-refractivity contribution in [2.45, 2.75) is 9.79 Å². The van der Waals surface area contributed by atoms with E-state index >= 15 is 0 Å². The fourth-order valence-corrected chi connectivity index (χ4v) is 3.77. The number of phenolic OH excluding ortho intramolecular Hbond substituents is 1. The summed E-state index contributed by atoms with van der Waals surface area (Å²) in [7, 11) is -3.65. The Morgan fingerprint density at radius 3 is 2.33 bits per heavy atom. The Balaban J connectivity index is 2.34. The smallest absolute Gasteiger partial charge is 0.210 e. The predicted molar refractivity (Wildman–Crippen MR) is 68.3 cm³/mol. The number of aromatic hydroxyl groups is 1. The third-order valence-electron chi connectivity index (χ3n) is 2.76. The molecule has 0 aromatic heterocycles. The normalized spacial score (nSPS) is 15.4. The van der Waals surface area contributed by atoms with Crippen LogP contribution in [0.4, 0.5) is 11.4 Å². The van der Waals surface area contributed by atoms with E-state index in [-0.39, 0.29) is 15.5 Å². The monoisotopic (exact) mass is 281 g/mol. The van der Waals surface area contributed by atoms with Crippen LogP contribution < -0.4 is 5.32 Å². The first kappa shape index (κ1) is 11.4. The van der Waals surface area contributed by atoms with E-state index in [2.05, 4.69) is 5.32 Å². The quantitative estimate of drug-likeness (QED) is 0.622. The number of hydrogen-bond acceptors (Lipinski definition) is 4. The summed E-state index contributed by atoms with van der Waals surface area (Å²) in [6.07, 6.45) is 0. The number of sulfone groups is 1. The molecule has 0 radical (unpaired) electrons. The third kappa shape index (κ3) is 1.55. The molecule has 4 nitrogen and oxygen atoms in total. The number of hydrogen-bond donors (Lipinski definition) is 2. The second kappa shape index (κ2) is 3.63. The molecular weight excluding hydrogens is 274 g/mol. The van der Waals surface area contributed by atoms with Gasteiger partial charge in [-0.2, -0.15) is 0 Å². The van der Waals surface area contributed by atoms with Gasteiger partial charge >= 0.3 is 0 Å². The fourth-order valence-electron chi connectivity index (χ4n) is 1.92. The lowest BCUT2D eigenvalue weighted by atomic mass is 10.2. The molecule has 0 saturated carbocycles. The van der Waals surface area contributed by atoms with E-state index < -0.39 is 9.84 Å². The second-order valence-electron chi connectivity index (χ2n) is 3.95. The minimum absolute atomic E-state index is 0.0530. The molecule has 1 heterocycles. The summed E-state index contributed by atoms with van der Waals surface area (Å²) in [4.78, 5) is 0.172. The van der Waals surface area contributed by atoms with Gasteiger partial charge in [0.05, 0.1) is 21.2 Å². The van der Waals surface area contributed by atoms with Crippen molar-refractivity contribution in [2.75, 3.05) is 5.32 Å². The van der Waals surface area contributed by atoms with E-state index in [1.807, 2.05) is 0 Å². The number of rotatable bonds is 0. The highest BCUT2D eigenvalue weighted by molar-refractivity contribution is 7.92. The van der Waals surface area contributed by atoms with Gasteiger partial charge in [-0.25, -0.2) is 8.42 Å². The molecule has 0 bridgehead atoms. The summed E-state index contributed by atoms with van der Waals surface area (Å²) < 4.78 is 24.8. The Labute approximate surface area is 109 Å². The lowest BCUT2D eigenvalue weighted by Gasteiger charge is -2.21. The van der Waals surface area contributed by atoms with Crippen LogP contribution in [0.15, 0.2) is 46.2 Å². The van der Waals surface area contributed by atoms with Gasteiger partial charge in [-0.1, -0.05) is 11.6 Å². The zero-order chi connectivity index (χ0) is 12.9. The molecule has 6 heteroatoms. The molecule has 1 aliphatic rings. The molecule has 2 aromatic carbocycles. The number of anilines is 2. The molecule has 1 aliphatic heterocycles. The van der Waals surface area contributed by atoms with Gasteiger partial charge in [0.2, 0.25) is 9.84 Å². The molecular formula is C12H8ClNO3S. The zero-order valence-corrected chi connectivity index (χ0v) is 10.6. The van der Waals surface area contributed by atoms with Crippen molar-refractivity contribution in [3.8, 4) is 5.75 Å². The number of fused-ring (bicyclic) bond motifs is 2. The molecule has 92 valence electrons. The largest absolute Gasteiger partial charge is 0.508 e. The maximum atomic E-state index is 12.4. The molecule has 18 heavy (non-hydrogen) atoms. The Hall–Kier alpha value is -1.72. The fraction of sp³-hybridized carbons (Fsp3) is 0. The first-order valence-corrected chi connectivity index (χ1v) is 6.99. The molecule has 0 spiro atoms. The number of nitrogens with one attached hydrogen (secondary N) is 1. The van der Waals surface area contributed by atoms with Crippen molar-refractivity contribution in [3.63, 3.8) is 0 Å². The maximum Gasteiger partial charge on any atom is 0.210 e. The van der Waals surface area contributed by atoms with Crippen molar-refractivity contribution in [1.82, 2.24) is 0 Å². The van der Waals surface area contributed by atoms with Crippen LogP contribution in [0, 0.1) is 0 Å². The van der Waals surface area contributed by atoms with E-state index in [1.165, 1.54) is 24.3 Å². The molecule has 0 amide bonds. The first-order chi connectivity index (χ1) is 8.48. The summed E-state index contributed by atoms with van der Waals surface area (Å²) >= 11 is 5.82. The van der Waals surface area contributed by atoms with Crippen LogP contribution in [0.2, 0.25) is 5.02 Å². The summed E-state index contributed by atoms with van der Waals surface area (Å²) in [5, 5.41) is 12.8. The molecule has 0 aliphatic carbocycles. The first-order valence-electron chi connectivity index (χ1n) is 5.13. The second-order valence-corrected chi connectivity index (χ2v) is 6.27. The van der Waals surface area contributed by atoms with Gasteiger partial charge in [-0.3, -0.25) is 0 Å². The molecule has 0 atom stereocenters. The van der Waals surface area contributed by atoms with E-state index in [9.17, 15) is 13.5 Å². The summed E-state index contributed by atoms with van der Waals surface area (Å²) in [5.74, 6) is -0.0930. The lowest BCUT2D eigenvalue weighted by Crippen LogP contribution is -2.13. The van der Waals surface area contributed by atoms with Crippen molar-refractivity contribution >= 4 is 32.8 Å². The van der Waals surface area contributed by atoms with Crippen molar-refractivity contribution in [1.29, 1.82) is 0 Å². The maximum absolute atomic E-state index is 12.4. The standard InChI is InChI=1S/C12H8ClNO3S/c13-7-1-3-9-11(5-7)18(16,17)12-6-8(15)2-4-10(12)14-9/h1-6,14-15H. The van der Waals surface area contributed by atoms with Crippen molar-refractivity contribution in [2.24, 2.45) is 0 Å². The Kier molecular flexibility index (Phi) is 2.30. The van der Waals surface area contributed by atoms with Gasteiger partial charge in [0.25, 0.3) is 0 Å². The summed E-state index contributed by atoms with van der Waals surface area (Å²) in [6, 6.07) is 8.81. The van der Waals surface area contributed by atoms with Gasteiger partial charge in [-0.15, -0.1) is 0 Å². The highest BCUT2D eigenvalue weighted by Crippen LogP contribution is 2.41. The van der Waals surface area contributed by atoms with Crippen LogP contribution in [-0.2, 0) is 9.84 Å². The van der Waals surface area contributed by atoms with E-state index in [4.69, 9.17) is 11.6 Å². The lowest BCUT2D eigenvalue weighted by molar-refractivity contribution is 0.473. The molecule has 2 N–H and O–H groups in total. The molecule has 0 unspecified atom stereocenters. The third-order valence-corrected chi connectivity index (χ3v) is 4.83. The van der Waals surface area contributed by atoms with E-state index in [0.717, 1.165) is 0 Å². The van der Waals surface area contributed by atoms with Gasteiger partial charge in [0.1, 0.15) is 5.75 Å². The highest BCUT2D eigenvalue weighted by Gasteiger charge is 2.29. The van der Waals surface area contributed by atoms with Crippen LogP contribution in [-0.4, -0.2) is 13.5 Å². The Morgan fingerprint density at radius 2 is 1.61 bits per heavy atom. The summed E-state index contributed by atoms with van der Waals surface area (Å²) in [5.41, 5.74) is 0.931. The average molecular weight is 282 g/mol. The van der Waals surface area contributed by atoms with Crippen LogP contribution in [0.3, 0.4) is 0 Å². The molecule has 0 fully saturated rings. The summed E-state index contributed by atoms with van der Waals surface area (Å²) in [6.45, 7) is 0. The molecule has 2 aromatic rings. The van der Waals surface area contributed by atoms with Gasteiger partial charge in [-0.05, 0) is 30.3 Å². The average Bonchev–Trinajstić information content (AvgIpc) is 2.32. The predicted octanol–water partition coefficient (Wildman–Crippen LogP) is 2.94. The molecule has 0 saturated heterocycles. The highest BCUT2D eigenvalue weighted by atomic mass is 35.5. The number of phenols is 1.